The maximum atomic E-state index is 11.6. The van der Waals surface area contributed by atoms with Gasteiger partial charge in [-0.3, -0.25) is 14.3 Å². The van der Waals surface area contributed by atoms with Crippen molar-refractivity contribution >= 4 is 7.60 Å². The number of aromatic amines is 1. The number of nitrogens with one attached hydrogen (secondary N) is 1. The fourth-order valence-corrected chi connectivity index (χ4v) is 2.29. The summed E-state index contributed by atoms with van der Waals surface area (Å²) in [5.74, 6) is 0. The second kappa shape index (κ2) is 9.90. The van der Waals surface area contributed by atoms with Gasteiger partial charge < -0.3 is 23.8 Å². The number of hydrogen-bond donors (Lipinski definition) is 1. The molecule has 12 heteroatoms. The average Bonchev–Trinajstić information content (AvgIpc) is 2.75. The van der Waals surface area contributed by atoms with E-state index in [2.05, 4.69) is 4.98 Å². The van der Waals surface area contributed by atoms with Gasteiger partial charge in [0.15, 0.2) is 0 Å². The zero-order valence-electron chi connectivity index (χ0n) is 12.4. The van der Waals surface area contributed by atoms with Gasteiger partial charge in [-0.15, -0.1) is 0 Å². The molecule has 0 aliphatic carbocycles. The van der Waals surface area contributed by atoms with Gasteiger partial charge in [0.2, 0.25) is 0 Å². The van der Waals surface area contributed by atoms with Crippen LogP contribution in [0.15, 0.2) is 21.9 Å². The largest absolute Gasteiger partial charge is 1.00 e. The first kappa shape index (κ1) is 22.8. The van der Waals surface area contributed by atoms with Crippen molar-refractivity contribution in [3.05, 3.63) is 33.1 Å². The summed E-state index contributed by atoms with van der Waals surface area (Å²) in [5, 5.41) is 0. The molecule has 2 heterocycles. The molecular weight excluding hydrogens is 337 g/mol. The standard InChI is InChI=1S/C10H15N2O7P.2Na/c13-8-3-4-12(10(14)11-8)9-2-1-7(19-9)5-18-6-20(15,16)17;;/h3-4,7,9H,1-2,5-6H2,(H,11,13,14)(H2,15,16,17);;/q;2*+1/p-2/t7-,9+;;/m0../s1. The molecule has 0 aromatic carbocycles. The Hall–Kier alpha value is 0.750. The van der Waals surface area contributed by atoms with Crippen molar-refractivity contribution in [1.29, 1.82) is 0 Å². The molecule has 1 fully saturated rings. The number of H-pyrrole nitrogens is 1. The second-order valence-electron chi connectivity index (χ2n) is 4.42. The molecule has 1 saturated heterocycles. The van der Waals surface area contributed by atoms with Gasteiger partial charge in [0.25, 0.3) is 5.56 Å². The molecule has 0 saturated carbocycles. The smallest absolute Gasteiger partial charge is 0.809 e. The van der Waals surface area contributed by atoms with E-state index in [9.17, 15) is 23.9 Å². The van der Waals surface area contributed by atoms with E-state index in [-0.39, 0.29) is 65.7 Å². The average molecular weight is 350 g/mol. The zero-order chi connectivity index (χ0) is 14.8. The van der Waals surface area contributed by atoms with E-state index >= 15 is 0 Å². The molecule has 1 N–H and O–H groups in total. The summed E-state index contributed by atoms with van der Waals surface area (Å²) >= 11 is 0. The van der Waals surface area contributed by atoms with Crippen molar-refractivity contribution < 1.29 is 82.9 Å². The Kier molecular flexibility index (Phi) is 10.2. The molecule has 9 nitrogen and oxygen atoms in total. The molecule has 1 aliphatic rings. The summed E-state index contributed by atoms with van der Waals surface area (Å²) in [6.07, 6.45) is 0.587. The van der Waals surface area contributed by atoms with Crippen LogP contribution in [0.2, 0.25) is 0 Å². The Labute approximate surface area is 170 Å². The summed E-state index contributed by atoms with van der Waals surface area (Å²) in [7, 11) is -4.68. The van der Waals surface area contributed by atoms with Gasteiger partial charge in [0.05, 0.1) is 19.1 Å². The van der Waals surface area contributed by atoms with Gasteiger partial charge in [0.1, 0.15) is 6.23 Å². The van der Waals surface area contributed by atoms with Crippen molar-refractivity contribution in [3.8, 4) is 0 Å². The third-order valence-corrected chi connectivity index (χ3v) is 3.30. The minimum absolute atomic E-state index is 0. The quantitative estimate of drug-likeness (QED) is 0.411. The Balaban J connectivity index is 0.00000220. The van der Waals surface area contributed by atoms with Crippen LogP contribution in [0.4, 0.5) is 0 Å². The van der Waals surface area contributed by atoms with E-state index in [4.69, 9.17) is 9.47 Å². The number of aromatic nitrogens is 2. The van der Waals surface area contributed by atoms with Gasteiger partial charge in [-0.2, -0.15) is 0 Å². The molecule has 0 unspecified atom stereocenters. The van der Waals surface area contributed by atoms with Crippen molar-refractivity contribution in [3.63, 3.8) is 0 Å². The number of rotatable bonds is 5. The minimum Gasteiger partial charge on any atom is -0.809 e. The van der Waals surface area contributed by atoms with E-state index in [1.807, 2.05) is 0 Å². The van der Waals surface area contributed by atoms with Crippen LogP contribution >= 0.6 is 7.60 Å². The van der Waals surface area contributed by atoms with E-state index in [0.717, 1.165) is 0 Å². The molecule has 0 spiro atoms. The van der Waals surface area contributed by atoms with Crippen LogP contribution in [-0.2, 0) is 14.0 Å². The van der Waals surface area contributed by atoms with Crippen LogP contribution in [0.25, 0.3) is 0 Å². The van der Waals surface area contributed by atoms with Crippen molar-refractivity contribution in [2.75, 3.05) is 13.0 Å². The van der Waals surface area contributed by atoms with Gasteiger partial charge >= 0.3 is 64.8 Å². The summed E-state index contributed by atoms with van der Waals surface area (Å²) < 4.78 is 21.9. The number of ether oxygens (including phenoxy) is 2. The molecule has 0 amide bonds. The van der Waals surface area contributed by atoms with Crippen LogP contribution < -0.4 is 80.2 Å². The Morgan fingerprint density at radius 1 is 1.36 bits per heavy atom. The third kappa shape index (κ3) is 7.11. The summed E-state index contributed by atoms with van der Waals surface area (Å²) in [4.78, 5) is 45.4. The van der Waals surface area contributed by atoms with Crippen molar-refractivity contribution in [2.24, 2.45) is 0 Å². The van der Waals surface area contributed by atoms with Gasteiger partial charge in [-0.25, -0.2) is 4.79 Å². The first-order valence-electron chi connectivity index (χ1n) is 5.91. The molecule has 2 atom stereocenters. The second-order valence-corrected chi connectivity index (χ2v) is 5.90. The molecule has 2 rings (SSSR count). The van der Waals surface area contributed by atoms with Gasteiger partial charge in [0, 0.05) is 12.3 Å². The van der Waals surface area contributed by atoms with Crippen LogP contribution in [-0.4, -0.2) is 28.6 Å². The Morgan fingerprint density at radius 3 is 2.64 bits per heavy atom. The summed E-state index contributed by atoms with van der Waals surface area (Å²) in [5.41, 5.74) is -1.07. The fourth-order valence-electron chi connectivity index (χ4n) is 1.96. The topological polar surface area (TPSA) is 137 Å². The van der Waals surface area contributed by atoms with Crippen LogP contribution in [0, 0.1) is 0 Å². The monoisotopic (exact) mass is 350 g/mol. The predicted molar refractivity (Wildman–Crippen MR) is 62.9 cm³/mol. The minimum atomic E-state index is -4.68. The molecule has 1 aromatic heterocycles. The number of nitrogens with zero attached hydrogens (tertiary/aromatic N) is 1. The molecule has 0 radical (unpaired) electrons. The van der Waals surface area contributed by atoms with Gasteiger partial charge in [-0.05, 0) is 20.4 Å². The Bertz CT molecular complexity index is 628. The van der Waals surface area contributed by atoms with Crippen LogP contribution in [0.1, 0.15) is 19.1 Å². The van der Waals surface area contributed by atoms with E-state index < -0.39 is 37.5 Å². The van der Waals surface area contributed by atoms with Crippen LogP contribution in [0.5, 0.6) is 0 Å². The predicted octanol–water partition coefficient (Wildman–Crippen LogP) is -7.89. The molecule has 1 aromatic rings. The number of hydrogen-bond acceptors (Lipinski definition) is 7. The van der Waals surface area contributed by atoms with E-state index in [1.54, 1.807) is 0 Å². The van der Waals surface area contributed by atoms with Crippen LogP contribution in [0.3, 0.4) is 0 Å². The molecule has 1 aliphatic heterocycles. The Morgan fingerprint density at radius 2 is 2.05 bits per heavy atom. The molecule has 112 valence electrons. The molecule has 22 heavy (non-hydrogen) atoms. The maximum Gasteiger partial charge on any atom is 1.00 e. The molecule has 0 bridgehead atoms. The van der Waals surface area contributed by atoms with E-state index in [0.29, 0.717) is 12.8 Å². The SMILES string of the molecule is O=c1ccn([C@H]2CC[C@@H](COCP(=O)([O-])[O-])O2)c(=O)[nH]1.[Na+].[Na+]. The van der Waals surface area contributed by atoms with Crippen molar-refractivity contribution in [1.82, 2.24) is 9.55 Å². The zero-order valence-corrected chi connectivity index (χ0v) is 17.3. The summed E-state index contributed by atoms with van der Waals surface area (Å²) in [6.45, 7) is -0.0386. The summed E-state index contributed by atoms with van der Waals surface area (Å²) in [6, 6.07) is 1.21. The third-order valence-electron chi connectivity index (χ3n) is 2.80. The van der Waals surface area contributed by atoms with E-state index in [1.165, 1.54) is 16.8 Å². The maximum absolute atomic E-state index is 11.6. The molecular formula is C10H13N2Na2O7P. The van der Waals surface area contributed by atoms with Gasteiger partial charge in [-0.1, -0.05) is 0 Å². The first-order chi connectivity index (χ1) is 9.35. The fraction of sp³-hybridized carbons (Fsp3) is 0.600. The normalized spacial score (nSPS) is 21.0. The first-order valence-corrected chi connectivity index (χ1v) is 7.64. The van der Waals surface area contributed by atoms with Crippen molar-refractivity contribution in [2.45, 2.75) is 25.2 Å².